The van der Waals surface area contributed by atoms with Crippen molar-refractivity contribution in [1.29, 1.82) is 0 Å². The van der Waals surface area contributed by atoms with E-state index in [1.165, 1.54) is 6.42 Å². The number of guanidine groups is 1. The van der Waals surface area contributed by atoms with Gasteiger partial charge in [-0.2, -0.15) is 0 Å². The minimum atomic E-state index is 0.689. The van der Waals surface area contributed by atoms with Crippen LogP contribution in [0.3, 0.4) is 0 Å². The van der Waals surface area contributed by atoms with Gasteiger partial charge < -0.3 is 10.2 Å². The molecule has 0 spiro atoms. The quantitative estimate of drug-likeness (QED) is 0.246. The third kappa shape index (κ3) is 7.48. The molecule has 0 aliphatic heterocycles. The van der Waals surface area contributed by atoms with Gasteiger partial charge in [0.05, 0.1) is 0 Å². The number of likely N-dealkylation sites (N-methyl/N-ethyl adjacent to an activating group) is 1. The van der Waals surface area contributed by atoms with E-state index in [-0.39, 0.29) is 0 Å². The lowest BCUT2D eigenvalue weighted by Gasteiger charge is -2.20. The molecule has 0 rings (SSSR count). The fraction of sp³-hybridized carbons (Fsp3) is 0.909. The van der Waals surface area contributed by atoms with Gasteiger partial charge in [0.25, 0.3) is 0 Å². The van der Waals surface area contributed by atoms with Crippen LogP contribution in [-0.4, -0.2) is 43.6 Å². The van der Waals surface area contributed by atoms with Gasteiger partial charge >= 0.3 is 0 Å². The Bertz CT molecular complexity index is 181. The predicted octanol–water partition coefficient (Wildman–Crippen LogP) is 0.537. The molecular formula is C11H27N5. The highest BCUT2D eigenvalue weighted by atomic mass is 15.3. The molecule has 0 saturated carbocycles. The minimum Gasteiger partial charge on any atom is -0.354 e. The largest absolute Gasteiger partial charge is 0.354 e. The summed E-state index contributed by atoms with van der Waals surface area (Å²) >= 11 is 0. The maximum Gasteiger partial charge on any atom is 0.205 e. The van der Waals surface area contributed by atoms with Crippen molar-refractivity contribution >= 4 is 5.96 Å². The molecule has 0 aromatic carbocycles. The van der Waals surface area contributed by atoms with Crippen LogP contribution in [0.5, 0.6) is 0 Å². The second-order valence-corrected chi connectivity index (χ2v) is 3.74. The molecule has 5 nitrogen and oxygen atoms in total. The Morgan fingerprint density at radius 1 is 1.19 bits per heavy atom. The predicted molar refractivity (Wildman–Crippen MR) is 70.3 cm³/mol. The summed E-state index contributed by atoms with van der Waals surface area (Å²) in [5.41, 5.74) is 2.58. The van der Waals surface area contributed by atoms with Crippen LogP contribution in [0.2, 0.25) is 0 Å². The Labute approximate surface area is 99.5 Å². The standard InChI is InChI=1S/C11H27N5/c1-4-7-13-11(15-12)14-8-10-16(6-3)9-5-2/h4-10,12H2,1-3H3,(H2,13,14,15). The maximum absolute atomic E-state index is 5.36. The molecule has 0 aromatic heterocycles. The number of hydrogen-bond donors (Lipinski definition) is 3. The average Bonchev–Trinajstić information content (AvgIpc) is 2.32. The van der Waals surface area contributed by atoms with E-state index in [0.29, 0.717) is 5.96 Å². The van der Waals surface area contributed by atoms with Gasteiger partial charge in [0.2, 0.25) is 5.96 Å². The van der Waals surface area contributed by atoms with Crippen LogP contribution >= 0.6 is 0 Å². The summed E-state index contributed by atoms with van der Waals surface area (Å²) in [5.74, 6) is 6.05. The highest BCUT2D eigenvalue weighted by molar-refractivity contribution is 5.79. The fourth-order valence-corrected chi connectivity index (χ4v) is 1.45. The molecule has 0 fully saturated rings. The van der Waals surface area contributed by atoms with Crippen molar-refractivity contribution in [3.8, 4) is 0 Å². The number of aliphatic imine (C=N–C) groups is 1. The van der Waals surface area contributed by atoms with E-state index in [9.17, 15) is 0 Å². The number of rotatable bonds is 8. The lowest BCUT2D eigenvalue weighted by atomic mass is 10.4. The SMILES string of the molecule is CCCN=C(NN)NCCN(CC)CCC. The third-order valence-electron chi connectivity index (χ3n) is 2.34. The van der Waals surface area contributed by atoms with Gasteiger partial charge in [-0.15, -0.1) is 0 Å². The molecule has 0 amide bonds. The van der Waals surface area contributed by atoms with Crippen molar-refractivity contribution in [2.75, 3.05) is 32.7 Å². The van der Waals surface area contributed by atoms with Crippen molar-refractivity contribution in [2.24, 2.45) is 10.8 Å². The third-order valence-corrected chi connectivity index (χ3v) is 2.34. The van der Waals surface area contributed by atoms with Gasteiger partial charge in [-0.05, 0) is 25.9 Å². The lowest BCUT2D eigenvalue weighted by Crippen LogP contribution is -2.44. The first-order chi connectivity index (χ1) is 7.78. The normalized spacial score (nSPS) is 11.9. The molecule has 0 heterocycles. The number of hydrazine groups is 1. The van der Waals surface area contributed by atoms with Crippen LogP contribution in [0.1, 0.15) is 33.6 Å². The van der Waals surface area contributed by atoms with E-state index >= 15 is 0 Å². The molecule has 0 aliphatic rings. The lowest BCUT2D eigenvalue weighted by molar-refractivity contribution is 0.293. The molecular weight excluding hydrogens is 202 g/mol. The molecule has 0 saturated heterocycles. The van der Waals surface area contributed by atoms with E-state index in [1.807, 2.05) is 0 Å². The Morgan fingerprint density at radius 3 is 2.44 bits per heavy atom. The molecule has 16 heavy (non-hydrogen) atoms. The van der Waals surface area contributed by atoms with E-state index in [2.05, 4.69) is 41.4 Å². The highest BCUT2D eigenvalue weighted by Crippen LogP contribution is 1.89. The smallest absolute Gasteiger partial charge is 0.205 e. The number of nitrogens with one attached hydrogen (secondary N) is 2. The van der Waals surface area contributed by atoms with E-state index in [4.69, 9.17) is 5.84 Å². The summed E-state index contributed by atoms with van der Waals surface area (Å²) in [5, 5.41) is 3.20. The van der Waals surface area contributed by atoms with E-state index < -0.39 is 0 Å². The summed E-state index contributed by atoms with van der Waals surface area (Å²) in [4.78, 5) is 6.68. The number of nitrogens with zero attached hydrogens (tertiary/aromatic N) is 2. The van der Waals surface area contributed by atoms with Crippen molar-refractivity contribution < 1.29 is 0 Å². The molecule has 0 aromatic rings. The van der Waals surface area contributed by atoms with Gasteiger partial charge in [0.15, 0.2) is 0 Å². The van der Waals surface area contributed by atoms with Crippen molar-refractivity contribution in [3.05, 3.63) is 0 Å². The fourth-order valence-electron chi connectivity index (χ4n) is 1.45. The van der Waals surface area contributed by atoms with Gasteiger partial charge in [-0.1, -0.05) is 20.8 Å². The molecule has 96 valence electrons. The van der Waals surface area contributed by atoms with Crippen LogP contribution in [0.25, 0.3) is 0 Å². The molecule has 4 N–H and O–H groups in total. The average molecular weight is 229 g/mol. The zero-order valence-electron chi connectivity index (χ0n) is 10.9. The van der Waals surface area contributed by atoms with E-state index in [0.717, 1.165) is 39.1 Å². The van der Waals surface area contributed by atoms with Gasteiger partial charge in [0, 0.05) is 19.6 Å². The molecule has 5 heteroatoms. The van der Waals surface area contributed by atoms with Crippen LogP contribution in [-0.2, 0) is 0 Å². The van der Waals surface area contributed by atoms with Crippen LogP contribution in [0.15, 0.2) is 4.99 Å². The number of hydrogen-bond acceptors (Lipinski definition) is 3. The van der Waals surface area contributed by atoms with Crippen molar-refractivity contribution in [2.45, 2.75) is 33.6 Å². The van der Waals surface area contributed by atoms with Crippen molar-refractivity contribution in [3.63, 3.8) is 0 Å². The topological polar surface area (TPSA) is 65.7 Å². The Morgan fingerprint density at radius 2 is 1.94 bits per heavy atom. The Hall–Kier alpha value is -0.810. The summed E-state index contributed by atoms with van der Waals surface area (Å²) in [7, 11) is 0. The van der Waals surface area contributed by atoms with Gasteiger partial charge in [-0.3, -0.25) is 10.4 Å². The minimum absolute atomic E-state index is 0.689. The zero-order valence-corrected chi connectivity index (χ0v) is 10.9. The molecule has 0 unspecified atom stereocenters. The first kappa shape index (κ1) is 15.2. The summed E-state index contributed by atoms with van der Waals surface area (Å²) in [6, 6.07) is 0. The molecule has 0 radical (unpaired) electrons. The second kappa shape index (κ2) is 10.7. The van der Waals surface area contributed by atoms with Crippen LogP contribution < -0.4 is 16.6 Å². The Kier molecular flexibility index (Phi) is 10.2. The van der Waals surface area contributed by atoms with Gasteiger partial charge in [0.1, 0.15) is 0 Å². The summed E-state index contributed by atoms with van der Waals surface area (Å²) < 4.78 is 0. The Balaban J connectivity index is 3.75. The van der Waals surface area contributed by atoms with Gasteiger partial charge in [-0.25, -0.2) is 5.84 Å². The highest BCUT2D eigenvalue weighted by Gasteiger charge is 2.00. The summed E-state index contributed by atoms with van der Waals surface area (Å²) in [6.45, 7) is 11.4. The summed E-state index contributed by atoms with van der Waals surface area (Å²) in [6.07, 6.45) is 2.23. The van der Waals surface area contributed by atoms with E-state index in [1.54, 1.807) is 0 Å². The zero-order chi connectivity index (χ0) is 12.2. The molecule has 0 atom stereocenters. The van der Waals surface area contributed by atoms with Crippen molar-refractivity contribution in [1.82, 2.24) is 15.6 Å². The monoisotopic (exact) mass is 229 g/mol. The van der Waals surface area contributed by atoms with Crippen LogP contribution in [0.4, 0.5) is 0 Å². The molecule has 0 bridgehead atoms. The first-order valence-corrected chi connectivity index (χ1v) is 6.25. The first-order valence-electron chi connectivity index (χ1n) is 6.25. The molecule has 0 aliphatic carbocycles. The maximum atomic E-state index is 5.36. The van der Waals surface area contributed by atoms with Crippen LogP contribution in [0, 0.1) is 0 Å². The number of nitrogens with two attached hydrogens (primary N) is 1. The second-order valence-electron chi connectivity index (χ2n) is 3.74.